The Balaban J connectivity index is 3.73. The van der Waals surface area contributed by atoms with Gasteiger partial charge in [-0.25, -0.2) is 0 Å². The predicted octanol–water partition coefficient (Wildman–Crippen LogP) is 3.65. The standard InChI is InChI=1S/C15H26O3/c1-13(8-6-10-15(3)16)7-5-9-14(2)11-18-12-17-4/h8-9H,5-7,10-12H2,1-4H3. The maximum Gasteiger partial charge on any atom is 0.146 e. The van der Waals surface area contributed by atoms with Gasteiger partial charge >= 0.3 is 0 Å². The lowest BCUT2D eigenvalue weighted by Gasteiger charge is -2.03. The molecular formula is C15H26O3. The summed E-state index contributed by atoms with van der Waals surface area (Å²) in [7, 11) is 1.62. The Morgan fingerprint density at radius 2 is 1.61 bits per heavy atom. The van der Waals surface area contributed by atoms with Crippen molar-refractivity contribution in [1.29, 1.82) is 0 Å². The Hall–Kier alpha value is -0.930. The third-order valence-corrected chi connectivity index (χ3v) is 2.55. The third-order valence-electron chi connectivity index (χ3n) is 2.55. The molecule has 0 aromatic carbocycles. The van der Waals surface area contributed by atoms with E-state index in [9.17, 15) is 4.79 Å². The fraction of sp³-hybridized carbons (Fsp3) is 0.667. The number of ether oxygens (including phenoxy) is 2. The van der Waals surface area contributed by atoms with Gasteiger partial charge in [0.1, 0.15) is 12.6 Å². The monoisotopic (exact) mass is 254 g/mol. The lowest BCUT2D eigenvalue weighted by molar-refractivity contribution is -0.116. The molecule has 0 N–H and O–H groups in total. The average Bonchev–Trinajstić information content (AvgIpc) is 2.29. The number of Topliss-reactive ketones (excluding diaryl/α,β-unsaturated/α-hetero) is 1. The number of ketones is 1. The zero-order valence-corrected chi connectivity index (χ0v) is 12.1. The minimum Gasteiger partial charge on any atom is -0.359 e. The smallest absolute Gasteiger partial charge is 0.146 e. The molecule has 0 atom stereocenters. The topological polar surface area (TPSA) is 35.5 Å². The molecule has 3 nitrogen and oxygen atoms in total. The van der Waals surface area contributed by atoms with Crippen LogP contribution in [0, 0.1) is 0 Å². The molecule has 0 aliphatic carbocycles. The lowest BCUT2D eigenvalue weighted by atomic mass is 10.1. The van der Waals surface area contributed by atoms with E-state index in [1.807, 2.05) is 0 Å². The van der Waals surface area contributed by atoms with E-state index in [0.29, 0.717) is 19.8 Å². The van der Waals surface area contributed by atoms with E-state index in [1.54, 1.807) is 14.0 Å². The molecule has 0 aromatic heterocycles. The maximum absolute atomic E-state index is 10.8. The van der Waals surface area contributed by atoms with Gasteiger partial charge in [-0.05, 0) is 40.0 Å². The molecule has 0 radical (unpaired) electrons. The van der Waals surface area contributed by atoms with Crippen LogP contribution in [0.25, 0.3) is 0 Å². The van der Waals surface area contributed by atoms with Crippen molar-refractivity contribution in [1.82, 2.24) is 0 Å². The second-order valence-electron chi connectivity index (χ2n) is 4.64. The Labute approximate surface area is 111 Å². The molecule has 0 spiro atoms. The van der Waals surface area contributed by atoms with Gasteiger partial charge in [-0.15, -0.1) is 0 Å². The summed E-state index contributed by atoms with van der Waals surface area (Å²) in [5, 5.41) is 0. The summed E-state index contributed by atoms with van der Waals surface area (Å²) in [5.74, 6) is 0.255. The Morgan fingerprint density at radius 1 is 1.00 bits per heavy atom. The van der Waals surface area contributed by atoms with Crippen LogP contribution in [0.4, 0.5) is 0 Å². The van der Waals surface area contributed by atoms with Crippen molar-refractivity contribution in [3.05, 3.63) is 23.3 Å². The van der Waals surface area contributed by atoms with E-state index < -0.39 is 0 Å². The summed E-state index contributed by atoms with van der Waals surface area (Å²) in [6, 6.07) is 0. The van der Waals surface area contributed by atoms with Gasteiger partial charge in [-0.2, -0.15) is 0 Å². The van der Waals surface area contributed by atoms with Gasteiger partial charge in [-0.1, -0.05) is 23.3 Å². The number of carbonyl (C=O) groups excluding carboxylic acids is 1. The number of rotatable bonds is 10. The molecule has 0 saturated carbocycles. The quantitative estimate of drug-likeness (QED) is 0.339. The number of carbonyl (C=O) groups is 1. The molecule has 0 fully saturated rings. The first-order chi connectivity index (χ1) is 8.56. The summed E-state index contributed by atoms with van der Waals surface area (Å²) < 4.78 is 10.1. The van der Waals surface area contributed by atoms with Crippen LogP contribution in [0.15, 0.2) is 23.3 Å². The molecule has 0 heterocycles. The second-order valence-corrected chi connectivity index (χ2v) is 4.64. The summed E-state index contributed by atoms with van der Waals surface area (Å²) in [6.07, 6.45) is 7.92. The molecule has 0 saturated heterocycles. The van der Waals surface area contributed by atoms with Crippen LogP contribution in [0.5, 0.6) is 0 Å². The molecule has 0 unspecified atom stereocenters. The molecule has 104 valence electrons. The van der Waals surface area contributed by atoms with E-state index >= 15 is 0 Å². The van der Waals surface area contributed by atoms with Crippen LogP contribution >= 0.6 is 0 Å². The second kappa shape index (κ2) is 11.2. The van der Waals surface area contributed by atoms with Crippen LogP contribution in [-0.2, 0) is 14.3 Å². The fourth-order valence-corrected chi connectivity index (χ4v) is 1.52. The van der Waals surface area contributed by atoms with Crippen molar-refractivity contribution in [3.8, 4) is 0 Å². The minimum absolute atomic E-state index is 0.255. The van der Waals surface area contributed by atoms with Crippen molar-refractivity contribution >= 4 is 5.78 Å². The van der Waals surface area contributed by atoms with E-state index in [4.69, 9.17) is 9.47 Å². The van der Waals surface area contributed by atoms with Gasteiger partial charge < -0.3 is 14.3 Å². The largest absolute Gasteiger partial charge is 0.359 e. The Bertz CT molecular complexity index is 290. The van der Waals surface area contributed by atoms with Gasteiger partial charge in [0.2, 0.25) is 0 Å². The van der Waals surface area contributed by atoms with E-state index in [1.165, 1.54) is 11.1 Å². The van der Waals surface area contributed by atoms with E-state index in [2.05, 4.69) is 26.0 Å². The number of methoxy groups -OCH3 is 1. The highest BCUT2D eigenvalue weighted by atomic mass is 16.7. The van der Waals surface area contributed by atoms with Crippen molar-refractivity contribution in [2.45, 2.75) is 46.5 Å². The van der Waals surface area contributed by atoms with Gasteiger partial charge in [0.05, 0.1) is 6.61 Å². The van der Waals surface area contributed by atoms with Gasteiger partial charge in [0, 0.05) is 13.5 Å². The first-order valence-corrected chi connectivity index (χ1v) is 6.43. The minimum atomic E-state index is 0.255. The van der Waals surface area contributed by atoms with Crippen LogP contribution in [0.1, 0.15) is 46.5 Å². The van der Waals surface area contributed by atoms with Gasteiger partial charge in [0.25, 0.3) is 0 Å². The number of hydrogen-bond acceptors (Lipinski definition) is 3. The van der Waals surface area contributed by atoms with Crippen LogP contribution in [0.2, 0.25) is 0 Å². The predicted molar refractivity (Wildman–Crippen MR) is 74.5 cm³/mol. The van der Waals surface area contributed by atoms with Crippen molar-refractivity contribution < 1.29 is 14.3 Å². The third kappa shape index (κ3) is 11.6. The molecule has 0 aromatic rings. The summed E-state index contributed by atoms with van der Waals surface area (Å²) in [4.78, 5) is 10.8. The Morgan fingerprint density at radius 3 is 2.22 bits per heavy atom. The Kier molecular flexibility index (Phi) is 10.6. The zero-order valence-electron chi connectivity index (χ0n) is 12.1. The molecule has 0 rings (SSSR count). The molecule has 0 amide bonds. The van der Waals surface area contributed by atoms with Crippen molar-refractivity contribution in [2.24, 2.45) is 0 Å². The summed E-state index contributed by atoms with van der Waals surface area (Å²) in [6.45, 7) is 6.78. The molecule has 0 aliphatic rings. The normalized spacial score (nSPS) is 12.9. The van der Waals surface area contributed by atoms with Crippen molar-refractivity contribution in [2.75, 3.05) is 20.5 Å². The highest BCUT2D eigenvalue weighted by Gasteiger charge is 1.94. The first-order valence-electron chi connectivity index (χ1n) is 6.43. The van der Waals surface area contributed by atoms with Crippen LogP contribution in [-0.4, -0.2) is 26.3 Å². The molecule has 0 aliphatic heterocycles. The number of allylic oxidation sites excluding steroid dienone is 3. The highest BCUT2D eigenvalue weighted by molar-refractivity contribution is 5.75. The zero-order chi connectivity index (χ0) is 13.8. The average molecular weight is 254 g/mol. The van der Waals surface area contributed by atoms with Gasteiger partial charge in [-0.3, -0.25) is 0 Å². The van der Waals surface area contributed by atoms with E-state index in [0.717, 1.165) is 19.3 Å². The van der Waals surface area contributed by atoms with Crippen molar-refractivity contribution in [3.63, 3.8) is 0 Å². The highest BCUT2D eigenvalue weighted by Crippen LogP contribution is 2.09. The first kappa shape index (κ1) is 17.1. The number of hydrogen-bond donors (Lipinski definition) is 0. The lowest BCUT2D eigenvalue weighted by Crippen LogP contribution is -1.99. The van der Waals surface area contributed by atoms with Crippen LogP contribution < -0.4 is 0 Å². The molecule has 18 heavy (non-hydrogen) atoms. The molecular weight excluding hydrogens is 228 g/mol. The SMILES string of the molecule is COCOCC(C)=CCCC(C)=CCCC(C)=O. The fourth-order valence-electron chi connectivity index (χ4n) is 1.52. The van der Waals surface area contributed by atoms with E-state index in [-0.39, 0.29) is 5.78 Å². The molecule has 0 bridgehead atoms. The summed E-state index contributed by atoms with van der Waals surface area (Å²) in [5.41, 5.74) is 2.57. The van der Waals surface area contributed by atoms with Crippen LogP contribution in [0.3, 0.4) is 0 Å². The summed E-state index contributed by atoms with van der Waals surface area (Å²) >= 11 is 0. The maximum atomic E-state index is 10.8. The van der Waals surface area contributed by atoms with Gasteiger partial charge in [0.15, 0.2) is 0 Å². The molecule has 3 heteroatoms.